The molecule has 0 fully saturated rings. The van der Waals surface area contributed by atoms with Crippen molar-refractivity contribution >= 4 is 11.6 Å². The Hall–Kier alpha value is -1.35. The third-order valence-electron chi connectivity index (χ3n) is 3.67. The van der Waals surface area contributed by atoms with Gasteiger partial charge in [0, 0.05) is 12.1 Å². The van der Waals surface area contributed by atoms with Crippen LogP contribution in [0.5, 0.6) is 0 Å². The number of aryl methyl sites for hydroxylation is 1. The van der Waals surface area contributed by atoms with Gasteiger partial charge in [0.25, 0.3) is 0 Å². The zero-order valence-electron chi connectivity index (χ0n) is 12.4. The van der Waals surface area contributed by atoms with Crippen molar-refractivity contribution in [3.05, 3.63) is 29.3 Å². The van der Waals surface area contributed by atoms with Gasteiger partial charge in [0.1, 0.15) is 0 Å². The number of carbonyl (C=O) groups excluding carboxylic acids is 1. The summed E-state index contributed by atoms with van der Waals surface area (Å²) in [5.74, 6) is 0.987. The van der Waals surface area contributed by atoms with Gasteiger partial charge in [-0.25, -0.2) is 0 Å². The molecule has 3 heteroatoms. The lowest BCUT2D eigenvalue weighted by Crippen LogP contribution is -2.19. The van der Waals surface area contributed by atoms with Crippen LogP contribution in [0.25, 0.3) is 0 Å². The van der Waals surface area contributed by atoms with Crippen LogP contribution in [0.2, 0.25) is 0 Å². The summed E-state index contributed by atoms with van der Waals surface area (Å²) in [6.07, 6.45) is 1.57. The maximum Gasteiger partial charge on any atom is 0.224 e. The van der Waals surface area contributed by atoms with Crippen LogP contribution in [-0.4, -0.2) is 11.0 Å². The molecule has 0 saturated heterocycles. The van der Waals surface area contributed by atoms with Crippen LogP contribution in [0.4, 0.5) is 5.69 Å². The van der Waals surface area contributed by atoms with Gasteiger partial charge < -0.3 is 10.4 Å². The van der Waals surface area contributed by atoms with Gasteiger partial charge in [0.05, 0.1) is 6.61 Å². The van der Waals surface area contributed by atoms with Crippen molar-refractivity contribution in [2.24, 2.45) is 11.8 Å². The third-order valence-corrected chi connectivity index (χ3v) is 3.67. The number of nitrogens with one attached hydrogen (secondary N) is 1. The topological polar surface area (TPSA) is 49.3 Å². The van der Waals surface area contributed by atoms with E-state index in [2.05, 4.69) is 26.1 Å². The van der Waals surface area contributed by atoms with Crippen LogP contribution in [0, 0.1) is 18.8 Å². The molecule has 0 spiro atoms. The van der Waals surface area contributed by atoms with Crippen molar-refractivity contribution in [3.8, 4) is 0 Å². The van der Waals surface area contributed by atoms with Gasteiger partial charge in [-0.3, -0.25) is 4.79 Å². The Labute approximate surface area is 116 Å². The molecule has 0 aliphatic carbocycles. The molecule has 1 amide bonds. The number of amides is 1. The molecule has 1 unspecified atom stereocenters. The summed E-state index contributed by atoms with van der Waals surface area (Å²) < 4.78 is 0. The van der Waals surface area contributed by atoms with Crippen molar-refractivity contribution in [2.75, 3.05) is 5.32 Å². The highest BCUT2D eigenvalue weighted by atomic mass is 16.3. The standard InChI is InChI=1S/C16H25NO2/c1-5-14(11(2)3)9-16(19)17-15-8-13(10-18)7-6-12(15)4/h6-8,11,14,18H,5,9-10H2,1-4H3,(H,17,19). The highest BCUT2D eigenvalue weighted by Crippen LogP contribution is 2.21. The van der Waals surface area contributed by atoms with Gasteiger partial charge in [-0.05, 0) is 36.0 Å². The van der Waals surface area contributed by atoms with Gasteiger partial charge in [0.2, 0.25) is 5.91 Å². The van der Waals surface area contributed by atoms with Crippen LogP contribution < -0.4 is 5.32 Å². The fraction of sp³-hybridized carbons (Fsp3) is 0.562. The summed E-state index contributed by atoms with van der Waals surface area (Å²) in [6.45, 7) is 8.37. The van der Waals surface area contributed by atoms with Crippen LogP contribution >= 0.6 is 0 Å². The molecule has 0 saturated carbocycles. The molecule has 3 nitrogen and oxygen atoms in total. The van der Waals surface area contributed by atoms with Crippen molar-refractivity contribution < 1.29 is 9.90 Å². The Morgan fingerprint density at radius 3 is 2.58 bits per heavy atom. The van der Waals surface area contributed by atoms with Crippen molar-refractivity contribution in [2.45, 2.75) is 47.1 Å². The second-order valence-electron chi connectivity index (χ2n) is 5.47. The van der Waals surface area contributed by atoms with Crippen LogP contribution in [0.3, 0.4) is 0 Å². The average Bonchev–Trinajstić information content (AvgIpc) is 2.38. The normalized spacial score (nSPS) is 12.5. The Balaban J connectivity index is 2.71. The number of aliphatic hydroxyl groups is 1. The molecule has 1 rings (SSSR count). The van der Waals surface area contributed by atoms with E-state index in [1.165, 1.54) is 0 Å². The minimum absolute atomic E-state index is 0.00721. The first-order chi connectivity index (χ1) is 8.97. The zero-order valence-corrected chi connectivity index (χ0v) is 12.4. The molecule has 0 aliphatic rings. The fourth-order valence-electron chi connectivity index (χ4n) is 2.19. The molecule has 19 heavy (non-hydrogen) atoms. The quantitative estimate of drug-likeness (QED) is 0.825. The minimum atomic E-state index is -0.00721. The average molecular weight is 263 g/mol. The SMILES string of the molecule is CCC(CC(=O)Nc1cc(CO)ccc1C)C(C)C. The van der Waals surface area contributed by atoms with E-state index in [1.54, 1.807) is 0 Å². The highest BCUT2D eigenvalue weighted by Gasteiger charge is 2.16. The Morgan fingerprint density at radius 1 is 1.37 bits per heavy atom. The smallest absolute Gasteiger partial charge is 0.224 e. The number of benzene rings is 1. The van der Waals surface area contributed by atoms with Crippen molar-refractivity contribution in [1.82, 2.24) is 0 Å². The first kappa shape index (κ1) is 15.7. The third kappa shape index (κ3) is 4.67. The van der Waals surface area contributed by atoms with E-state index in [-0.39, 0.29) is 12.5 Å². The van der Waals surface area contributed by atoms with E-state index in [4.69, 9.17) is 5.11 Å². The summed E-state index contributed by atoms with van der Waals surface area (Å²) in [4.78, 5) is 12.1. The molecule has 2 N–H and O–H groups in total. The lowest BCUT2D eigenvalue weighted by atomic mass is 9.90. The molecule has 0 heterocycles. The molecule has 0 aliphatic heterocycles. The Bertz CT molecular complexity index is 427. The highest BCUT2D eigenvalue weighted by molar-refractivity contribution is 5.91. The second-order valence-corrected chi connectivity index (χ2v) is 5.47. The fourth-order valence-corrected chi connectivity index (χ4v) is 2.19. The molecular weight excluding hydrogens is 238 g/mol. The summed E-state index contributed by atoms with van der Waals surface area (Å²) in [5, 5.41) is 12.1. The Kier molecular flexibility index (Phi) is 6.03. The van der Waals surface area contributed by atoms with Crippen LogP contribution in [0.15, 0.2) is 18.2 Å². The van der Waals surface area contributed by atoms with Crippen molar-refractivity contribution in [3.63, 3.8) is 0 Å². The first-order valence-corrected chi connectivity index (χ1v) is 6.98. The van der Waals surface area contributed by atoms with Gasteiger partial charge in [-0.2, -0.15) is 0 Å². The predicted molar refractivity (Wildman–Crippen MR) is 79.0 cm³/mol. The van der Waals surface area contributed by atoms with E-state index in [0.29, 0.717) is 18.3 Å². The van der Waals surface area contributed by atoms with E-state index in [0.717, 1.165) is 23.2 Å². The maximum atomic E-state index is 12.1. The van der Waals surface area contributed by atoms with Gasteiger partial charge in [0.15, 0.2) is 0 Å². The molecule has 1 aromatic carbocycles. The number of rotatable bonds is 6. The largest absolute Gasteiger partial charge is 0.392 e. The summed E-state index contributed by atoms with van der Waals surface area (Å²) in [6, 6.07) is 5.62. The summed E-state index contributed by atoms with van der Waals surface area (Å²) >= 11 is 0. The monoisotopic (exact) mass is 263 g/mol. The molecule has 106 valence electrons. The molecule has 0 radical (unpaired) electrons. The minimum Gasteiger partial charge on any atom is -0.392 e. The van der Waals surface area contributed by atoms with Gasteiger partial charge >= 0.3 is 0 Å². The van der Waals surface area contributed by atoms with Crippen LogP contribution in [0.1, 0.15) is 44.7 Å². The molecular formula is C16H25NO2. The number of aliphatic hydroxyl groups excluding tert-OH is 1. The molecule has 0 bridgehead atoms. The van der Waals surface area contributed by atoms with E-state index in [1.807, 2.05) is 25.1 Å². The Morgan fingerprint density at radius 2 is 2.05 bits per heavy atom. The maximum absolute atomic E-state index is 12.1. The number of anilines is 1. The van der Waals surface area contributed by atoms with Crippen LogP contribution in [-0.2, 0) is 11.4 Å². The lowest BCUT2D eigenvalue weighted by molar-refractivity contribution is -0.117. The number of hydrogen-bond acceptors (Lipinski definition) is 2. The van der Waals surface area contributed by atoms with E-state index >= 15 is 0 Å². The molecule has 0 aromatic heterocycles. The molecule has 1 aromatic rings. The van der Waals surface area contributed by atoms with Crippen molar-refractivity contribution in [1.29, 1.82) is 0 Å². The first-order valence-electron chi connectivity index (χ1n) is 6.98. The lowest BCUT2D eigenvalue weighted by Gasteiger charge is -2.19. The van der Waals surface area contributed by atoms with Gasteiger partial charge in [-0.15, -0.1) is 0 Å². The number of carbonyl (C=O) groups is 1. The predicted octanol–water partition coefficient (Wildman–Crippen LogP) is 3.50. The molecule has 1 atom stereocenters. The summed E-state index contributed by atoms with van der Waals surface area (Å²) in [5.41, 5.74) is 2.63. The van der Waals surface area contributed by atoms with E-state index in [9.17, 15) is 4.79 Å². The van der Waals surface area contributed by atoms with E-state index < -0.39 is 0 Å². The van der Waals surface area contributed by atoms with Gasteiger partial charge in [-0.1, -0.05) is 39.3 Å². The zero-order chi connectivity index (χ0) is 14.4. The second kappa shape index (κ2) is 7.29. The summed E-state index contributed by atoms with van der Waals surface area (Å²) in [7, 11) is 0. The number of hydrogen-bond donors (Lipinski definition) is 2.